The van der Waals surface area contributed by atoms with Gasteiger partial charge in [-0.1, -0.05) is 90.0 Å². The molecule has 5 aromatic rings. The average molecular weight is 698 g/mol. The zero-order chi connectivity index (χ0) is 36.4. The predicted octanol–water partition coefficient (Wildman–Crippen LogP) is 6.59. The summed E-state index contributed by atoms with van der Waals surface area (Å²) in [6.07, 6.45) is -1.74. The molecule has 0 unspecified atom stereocenters. The number of carbonyl (C=O) groups excluding carboxylic acids is 2. The van der Waals surface area contributed by atoms with Crippen molar-refractivity contribution in [2.24, 2.45) is 0 Å². The first-order valence-corrected chi connectivity index (χ1v) is 16.6. The monoisotopic (exact) mass is 697 g/mol. The van der Waals surface area contributed by atoms with E-state index >= 15 is 0 Å². The first kappa shape index (κ1) is 37.5. The molecule has 0 aliphatic carbocycles. The molecule has 260 valence electrons. The number of aliphatic hydroxyl groups is 1. The van der Waals surface area contributed by atoms with Gasteiger partial charge < -0.3 is 29.7 Å². The van der Waals surface area contributed by atoms with Crippen molar-refractivity contribution in [2.45, 2.75) is 38.1 Å². The highest BCUT2D eigenvalue weighted by molar-refractivity contribution is 7.10. The maximum atomic E-state index is 12.9. The minimum absolute atomic E-state index is 0.105. The lowest BCUT2D eigenvalue weighted by atomic mass is 9.86. The molecular weight excluding hydrogens is 658 g/mol. The van der Waals surface area contributed by atoms with E-state index in [9.17, 15) is 29.4 Å². The molecule has 0 amide bonds. The highest BCUT2D eigenvalue weighted by Crippen LogP contribution is 2.33. The van der Waals surface area contributed by atoms with Gasteiger partial charge in [-0.15, -0.1) is 11.3 Å². The van der Waals surface area contributed by atoms with E-state index in [1.54, 1.807) is 37.3 Å². The lowest BCUT2D eigenvalue weighted by Crippen LogP contribution is -2.61. The molecule has 0 spiro atoms. The number of carboxylic acid groups (broad SMARTS) is 2. The molecular formula is C39H39NO9S. The summed E-state index contributed by atoms with van der Waals surface area (Å²) in [6, 6.07) is 30.1. The number of benzene rings is 4. The van der Waals surface area contributed by atoms with Crippen LogP contribution in [0.25, 0.3) is 10.8 Å². The number of esters is 1. The molecule has 1 heterocycles. The number of aliphatic carboxylic acids is 2. The highest BCUT2D eigenvalue weighted by atomic mass is 32.1. The molecule has 3 atom stereocenters. The van der Waals surface area contributed by atoms with Gasteiger partial charge in [0.2, 0.25) is 11.9 Å². The van der Waals surface area contributed by atoms with Gasteiger partial charge in [-0.3, -0.25) is 4.79 Å². The third-order valence-corrected chi connectivity index (χ3v) is 8.81. The highest BCUT2D eigenvalue weighted by Gasteiger charge is 2.59. The van der Waals surface area contributed by atoms with E-state index in [-0.39, 0.29) is 17.2 Å². The Morgan fingerprint density at radius 2 is 1.38 bits per heavy atom. The Bertz CT molecular complexity index is 1920. The third-order valence-electron chi connectivity index (χ3n) is 7.85. The van der Waals surface area contributed by atoms with Gasteiger partial charge in [0.1, 0.15) is 11.9 Å². The van der Waals surface area contributed by atoms with Crippen LogP contribution in [0.15, 0.2) is 109 Å². The number of rotatable bonds is 13. The van der Waals surface area contributed by atoms with Crippen LogP contribution in [-0.2, 0) is 14.3 Å². The number of ketones is 1. The van der Waals surface area contributed by atoms with Crippen LogP contribution in [0.2, 0.25) is 0 Å². The number of carboxylic acids is 2. The lowest BCUT2D eigenvalue weighted by molar-refractivity contribution is -0.176. The molecule has 1 aromatic heterocycles. The number of nitrogens with zero attached hydrogens (tertiary/aromatic N) is 1. The Kier molecular flexibility index (Phi) is 12.6. The lowest BCUT2D eigenvalue weighted by Gasteiger charge is -2.30. The van der Waals surface area contributed by atoms with Crippen molar-refractivity contribution in [2.75, 3.05) is 20.6 Å². The molecule has 4 aromatic carbocycles. The SMILES string of the molecule is CN(C)CC[C@H](Oc1cccc2ccccc12)c1cccs1.Cc1ccc(C(=O)O[C@](C(=O)O)(C(=O)c2ccc(C)cc2)[C@@H](O)C(=O)O)cc1. The molecule has 3 N–H and O–H groups in total. The van der Waals surface area contributed by atoms with Crippen LogP contribution in [-0.4, -0.2) is 76.3 Å². The first-order valence-electron chi connectivity index (χ1n) is 15.7. The molecule has 0 aliphatic heterocycles. The van der Waals surface area contributed by atoms with Crippen molar-refractivity contribution in [3.05, 3.63) is 136 Å². The zero-order valence-corrected chi connectivity index (χ0v) is 28.9. The molecule has 0 radical (unpaired) electrons. The number of Topliss-reactive ketones (excluding diaryl/α,β-unsaturated/α-hetero) is 1. The maximum absolute atomic E-state index is 12.9. The summed E-state index contributed by atoms with van der Waals surface area (Å²) in [4.78, 5) is 52.1. The number of thiophene rings is 1. The summed E-state index contributed by atoms with van der Waals surface area (Å²) >= 11 is 1.76. The van der Waals surface area contributed by atoms with Gasteiger partial charge in [-0.25, -0.2) is 14.4 Å². The van der Waals surface area contributed by atoms with E-state index in [0.29, 0.717) is 0 Å². The van der Waals surface area contributed by atoms with E-state index in [1.807, 2.05) is 0 Å². The van der Waals surface area contributed by atoms with E-state index < -0.39 is 35.4 Å². The molecule has 0 saturated carbocycles. The Morgan fingerprint density at radius 1 is 0.780 bits per heavy atom. The molecule has 50 heavy (non-hydrogen) atoms. The van der Waals surface area contributed by atoms with Gasteiger partial charge in [0.25, 0.3) is 0 Å². The molecule has 0 saturated heterocycles. The van der Waals surface area contributed by atoms with E-state index in [4.69, 9.17) is 14.6 Å². The van der Waals surface area contributed by atoms with Gasteiger partial charge in [-0.2, -0.15) is 0 Å². The summed E-state index contributed by atoms with van der Waals surface area (Å²) in [5.41, 5.74) is -2.13. The van der Waals surface area contributed by atoms with Gasteiger partial charge in [0.15, 0.2) is 0 Å². The van der Waals surface area contributed by atoms with E-state index in [2.05, 4.69) is 79.0 Å². The minimum Gasteiger partial charge on any atom is -0.484 e. The van der Waals surface area contributed by atoms with Crippen molar-refractivity contribution in [1.29, 1.82) is 0 Å². The Hall–Kier alpha value is -5.36. The minimum atomic E-state index is -3.36. The number of aliphatic hydroxyl groups excluding tert-OH is 1. The summed E-state index contributed by atoms with van der Waals surface area (Å²) in [5.74, 6) is -5.79. The number of ether oxygens (including phenoxy) is 2. The summed E-state index contributed by atoms with van der Waals surface area (Å²) in [7, 11) is 4.20. The Balaban J connectivity index is 0.000000231. The molecule has 11 heteroatoms. The van der Waals surface area contributed by atoms with Crippen LogP contribution in [0, 0.1) is 13.8 Å². The van der Waals surface area contributed by atoms with Crippen LogP contribution in [0.3, 0.4) is 0 Å². The largest absolute Gasteiger partial charge is 0.484 e. The van der Waals surface area contributed by atoms with Crippen molar-refractivity contribution in [3.8, 4) is 5.75 Å². The second kappa shape index (κ2) is 16.8. The second-order valence-electron chi connectivity index (χ2n) is 11.9. The van der Waals surface area contributed by atoms with Gasteiger partial charge in [-0.05, 0) is 63.0 Å². The van der Waals surface area contributed by atoms with Crippen LogP contribution in [0.4, 0.5) is 0 Å². The number of fused-ring (bicyclic) bond motifs is 1. The summed E-state index contributed by atoms with van der Waals surface area (Å²) in [5, 5.41) is 33.4. The Labute approximate surface area is 294 Å². The van der Waals surface area contributed by atoms with E-state index in [0.717, 1.165) is 29.8 Å². The average Bonchev–Trinajstić information content (AvgIpc) is 3.64. The Morgan fingerprint density at radius 3 is 1.94 bits per heavy atom. The van der Waals surface area contributed by atoms with Crippen LogP contribution >= 0.6 is 11.3 Å². The second-order valence-corrected chi connectivity index (χ2v) is 12.9. The number of hydrogen-bond acceptors (Lipinski definition) is 9. The maximum Gasteiger partial charge on any atom is 0.360 e. The summed E-state index contributed by atoms with van der Waals surface area (Å²) in [6.45, 7) is 4.49. The molecule has 0 bridgehead atoms. The fourth-order valence-corrected chi connectivity index (χ4v) is 5.82. The van der Waals surface area contributed by atoms with Crippen LogP contribution in [0.5, 0.6) is 5.75 Å². The van der Waals surface area contributed by atoms with Crippen LogP contribution in [0.1, 0.15) is 49.2 Å². The fraction of sp³-hybridized carbons (Fsp3) is 0.231. The molecule has 0 aliphatic rings. The van der Waals surface area contributed by atoms with Crippen LogP contribution < -0.4 is 4.74 Å². The van der Waals surface area contributed by atoms with Crippen molar-refractivity contribution in [3.63, 3.8) is 0 Å². The standard InChI is InChI=1S/C20H18O8.C19H21NOS/c1-11-3-7-13(8-4-11)15(21)20(19(26)27,16(22)17(23)24)28-18(25)14-9-5-12(2)6-10-14;1-20(2)13-12-18(19-11-6-14-22-19)21-17-10-5-8-15-7-3-4-9-16(15)17/h3-10,16,22H,1-2H3,(H,23,24)(H,26,27);3-11,14,18H,12-13H2,1-2H3/t16-,20+;18-/m00/s1. The fourth-order valence-electron chi connectivity index (χ4n) is 5.03. The molecule has 0 fully saturated rings. The van der Waals surface area contributed by atoms with E-state index in [1.165, 1.54) is 52.0 Å². The van der Waals surface area contributed by atoms with Gasteiger partial charge >= 0.3 is 23.5 Å². The van der Waals surface area contributed by atoms with Crippen molar-refractivity contribution in [1.82, 2.24) is 4.90 Å². The molecule has 10 nitrogen and oxygen atoms in total. The number of carbonyl (C=O) groups is 4. The normalized spacial score (nSPS) is 13.3. The smallest absolute Gasteiger partial charge is 0.360 e. The van der Waals surface area contributed by atoms with Crippen molar-refractivity contribution < 1.29 is 44.0 Å². The molecule has 5 rings (SSSR count). The third kappa shape index (κ3) is 9.00. The topological polar surface area (TPSA) is 151 Å². The quantitative estimate of drug-likeness (QED) is 0.0699. The predicted molar refractivity (Wildman–Crippen MR) is 191 cm³/mol. The first-order chi connectivity index (χ1) is 23.8. The zero-order valence-electron chi connectivity index (χ0n) is 28.1. The summed E-state index contributed by atoms with van der Waals surface area (Å²) < 4.78 is 11.3. The van der Waals surface area contributed by atoms with Crippen molar-refractivity contribution >= 4 is 45.8 Å². The number of aryl methyl sites for hydroxylation is 2. The number of hydrogen-bond donors (Lipinski definition) is 3. The van der Waals surface area contributed by atoms with Gasteiger partial charge in [0.05, 0.1) is 5.56 Å². The van der Waals surface area contributed by atoms with Gasteiger partial charge in [0, 0.05) is 28.8 Å².